The number of amides is 1. The molecule has 0 atom stereocenters. The van der Waals surface area contributed by atoms with Gasteiger partial charge in [0.1, 0.15) is 0 Å². The number of hydrazone groups is 1. The van der Waals surface area contributed by atoms with E-state index in [0.29, 0.717) is 5.17 Å². The summed E-state index contributed by atoms with van der Waals surface area (Å²) in [6.07, 6.45) is 1.76. The number of rotatable bonds is 4. The van der Waals surface area contributed by atoms with Gasteiger partial charge in [-0.25, -0.2) is 0 Å². The third kappa shape index (κ3) is 4.43. The lowest BCUT2D eigenvalue weighted by molar-refractivity contribution is -0.114. The van der Waals surface area contributed by atoms with E-state index in [1.165, 1.54) is 33.1 Å². The molecule has 0 aliphatic carbocycles. The van der Waals surface area contributed by atoms with Gasteiger partial charge in [-0.3, -0.25) is 10.2 Å². The second kappa shape index (κ2) is 9.53. The highest BCUT2D eigenvalue weighted by Gasteiger charge is 2.36. The molecular weight excluding hydrogens is 498 g/mol. The summed E-state index contributed by atoms with van der Waals surface area (Å²) in [5, 5.41) is 17.6. The van der Waals surface area contributed by atoms with Gasteiger partial charge in [-0.15, -0.1) is 5.10 Å². The van der Waals surface area contributed by atoms with Gasteiger partial charge in [0, 0.05) is 22.8 Å². The predicted octanol–water partition coefficient (Wildman–Crippen LogP) is 6.76. The number of nitrogens with one attached hydrogen (secondary N) is 1. The smallest absolute Gasteiger partial charge is 0.283 e. The van der Waals surface area contributed by atoms with E-state index in [1.54, 1.807) is 17.8 Å². The van der Waals surface area contributed by atoms with Crippen molar-refractivity contribution in [2.45, 2.75) is 19.6 Å². The van der Waals surface area contributed by atoms with E-state index < -0.39 is 5.91 Å². The van der Waals surface area contributed by atoms with Crippen LogP contribution >= 0.6 is 23.5 Å². The zero-order valence-corrected chi connectivity index (χ0v) is 21.9. The van der Waals surface area contributed by atoms with Gasteiger partial charge in [0.05, 0.1) is 5.57 Å². The average molecular weight is 522 g/mol. The van der Waals surface area contributed by atoms with Gasteiger partial charge in [-0.2, -0.15) is 10.0 Å². The number of aromatic nitrogens is 1. The third-order valence-electron chi connectivity index (χ3n) is 6.40. The molecule has 0 saturated carbocycles. The Morgan fingerprint density at radius 2 is 1.73 bits per heavy atom. The Balaban J connectivity index is 1.28. The molecule has 0 fully saturated rings. The quantitative estimate of drug-likeness (QED) is 0.301. The monoisotopic (exact) mass is 521 g/mol. The largest absolute Gasteiger partial charge is 0.318 e. The van der Waals surface area contributed by atoms with Crippen LogP contribution in [-0.2, 0) is 10.5 Å². The molecule has 6 rings (SSSR count). The number of amidine groups is 2. The second-order valence-corrected chi connectivity index (χ2v) is 11.0. The number of hydrogen-bond donors (Lipinski definition) is 1. The van der Waals surface area contributed by atoms with E-state index in [-0.39, 0.29) is 11.4 Å². The molecule has 3 heterocycles. The number of carbonyl (C=O) groups is 1. The van der Waals surface area contributed by atoms with Crippen LogP contribution < -0.4 is 0 Å². The highest BCUT2D eigenvalue weighted by molar-refractivity contribution is 8.45. The molecule has 182 valence electrons. The van der Waals surface area contributed by atoms with Crippen molar-refractivity contribution >= 4 is 61.7 Å². The average Bonchev–Trinajstić information content (AvgIpc) is 3.45. The molecule has 4 aromatic rings. The van der Waals surface area contributed by atoms with Crippen molar-refractivity contribution in [1.82, 2.24) is 9.58 Å². The summed E-state index contributed by atoms with van der Waals surface area (Å²) in [5.41, 5.74) is 5.41. The Morgan fingerprint density at radius 3 is 2.54 bits per heavy atom. The minimum absolute atomic E-state index is 0.0494. The molecule has 2 aliphatic rings. The number of benzene rings is 3. The molecule has 0 spiro atoms. The van der Waals surface area contributed by atoms with Crippen LogP contribution in [0, 0.1) is 19.3 Å². The van der Waals surface area contributed by atoms with Gasteiger partial charge >= 0.3 is 0 Å². The number of fused-ring (bicyclic) bond motifs is 2. The zero-order valence-electron chi connectivity index (χ0n) is 20.3. The lowest BCUT2D eigenvalue weighted by atomic mass is 10.1. The van der Waals surface area contributed by atoms with Crippen LogP contribution in [0.1, 0.15) is 22.5 Å². The Hall–Kier alpha value is -3.88. The maximum atomic E-state index is 13.0. The van der Waals surface area contributed by atoms with Crippen LogP contribution in [0.3, 0.4) is 0 Å². The molecule has 0 saturated heterocycles. The van der Waals surface area contributed by atoms with E-state index in [9.17, 15) is 4.79 Å². The van der Waals surface area contributed by atoms with Crippen LogP contribution in [0.15, 0.2) is 94.5 Å². The summed E-state index contributed by atoms with van der Waals surface area (Å²) in [6.45, 7) is 4.08. The van der Waals surface area contributed by atoms with Crippen LogP contribution in [0.4, 0.5) is 0 Å². The first-order valence-corrected chi connectivity index (χ1v) is 13.6. The molecule has 3 aromatic carbocycles. The number of carbonyl (C=O) groups excluding carboxylic acids is 1. The van der Waals surface area contributed by atoms with E-state index in [1.807, 2.05) is 50.2 Å². The summed E-state index contributed by atoms with van der Waals surface area (Å²) in [5.74, 6) is 0.399. The lowest BCUT2D eigenvalue weighted by Gasteiger charge is -2.20. The second-order valence-electron chi connectivity index (χ2n) is 8.85. The Morgan fingerprint density at radius 1 is 0.973 bits per heavy atom. The number of hydrogen-bond acceptors (Lipinski definition) is 5. The van der Waals surface area contributed by atoms with Gasteiger partial charge in [-0.1, -0.05) is 72.4 Å². The maximum absolute atomic E-state index is 13.0. The van der Waals surface area contributed by atoms with Crippen LogP contribution in [0.2, 0.25) is 0 Å². The highest BCUT2D eigenvalue weighted by Crippen LogP contribution is 2.34. The Labute approximate surface area is 223 Å². The molecule has 1 amide bonds. The van der Waals surface area contributed by atoms with Crippen molar-refractivity contribution in [2.24, 2.45) is 10.1 Å². The summed E-state index contributed by atoms with van der Waals surface area (Å²) in [4.78, 5) is 17.2. The van der Waals surface area contributed by atoms with Crippen molar-refractivity contribution < 1.29 is 4.79 Å². The van der Waals surface area contributed by atoms with E-state index in [0.717, 1.165) is 32.8 Å². The summed E-state index contributed by atoms with van der Waals surface area (Å²) >= 11 is 2.91. The molecular formula is C29H23N5OS2. The Kier molecular flexibility index (Phi) is 6.06. The number of aliphatic imine (C=N–C) groups is 1. The molecule has 0 unspecified atom stereocenters. The molecule has 0 radical (unpaired) electrons. The maximum Gasteiger partial charge on any atom is 0.283 e. The minimum atomic E-state index is -0.413. The van der Waals surface area contributed by atoms with E-state index in [4.69, 9.17) is 5.41 Å². The van der Waals surface area contributed by atoms with Crippen molar-refractivity contribution in [3.63, 3.8) is 0 Å². The van der Waals surface area contributed by atoms with E-state index >= 15 is 0 Å². The number of nitrogens with zero attached hydrogens (tertiary/aromatic N) is 4. The first kappa shape index (κ1) is 23.5. The minimum Gasteiger partial charge on any atom is -0.318 e. The van der Waals surface area contributed by atoms with Gasteiger partial charge in [-0.05, 0) is 71.8 Å². The molecule has 0 bridgehead atoms. The van der Waals surface area contributed by atoms with Gasteiger partial charge in [0.2, 0.25) is 5.17 Å². The number of thioether (sulfide) groups is 2. The molecule has 1 aromatic heterocycles. The molecule has 1 N–H and O–H groups in total. The first-order valence-electron chi connectivity index (χ1n) is 11.8. The fraction of sp³-hybridized carbons (Fsp3) is 0.103. The van der Waals surface area contributed by atoms with Crippen molar-refractivity contribution in [1.29, 1.82) is 5.41 Å². The standard InChI is InChI=1S/C29H23N5OS2/c1-18-14-23(19(2)33(18)24-13-12-21-10-6-7-11-22(21)15-24)16-25-26(30)34-28(31-27(25)35)37-29(32-34)36-17-20-8-4-3-5-9-20/h3-16,30H,17H2,1-2H3/b25-16-,30-26?. The summed E-state index contributed by atoms with van der Waals surface area (Å²) < 4.78 is 2.95. The normalized spacial score (nSPS) is 16.4. The summed E-state index contributed by atoms with van der Waals surface area (Å²) in [6, 6.07) is 26.9. The van der Waals surface area contributed by atoms with Crippen LogP contribution in [0.25, 0.3) is 22.5 Å². The SMILES string of the molecule is Cc1cc(/C=C2/C(=N)N3N=C(SCc4ccccc4)SC3=NC2=O)c(C)n1-c1ccc2ccccc2c1. The van der Waals surface area contributed by atoms with Crippen molar-refractivity contribution in [3.05, 3.63) is 107 Å². The molecule has 37 heavy (non-hydrogen) atoms. The third-order valence-corrected chi connectivity index (χ3v) is 8.52. The van der Waals surface area contributed by atoms with Gasteiger partial charge in [0.15, 0.2) is 10.2 Å². The summed E-state index contributed by atoms with van der Waals surface area (Å²) in [7, 11) is 0. The fourth-order valence-electron chi connectivity index (χ4n) is 4.55. The topological polar surface area (TPSA) is 73.8 Å². The predicted molar refractivity (Wildman–Crippen MR) is 155 cm³/mol. The fourth-order valence-corrected chi connectivity index (χ4v) is 6.44. The van der Waals surface area contributed by atoms with Gasteiger partial charge in [0.25, 0.3) is 5.91 Å². The van der Waals surface area contributed by atoms with Crippen LogP contribution in [-0.4, -0.2) is 30.9 Å². The zero-order chi connectivity index (χ0) is 25.5. The van der Waals surface area contributed by atoms with Crippen molar-refractivity contribution in [2.75, 3.05) is 0 Å². The van der Waals surface area contributed by atoms with Crippen LogP contribution in [0.5, 0.6) is 0 Å². The first-order chi connectivity index (χ1) is 18.0. The van der Waals surface area contributed by atoms with E-state index in [2.05, 4.69) is 57.1 Å². The van der Waals surface area contributed by atoms with Gasteiger partial charge < -0.3 is 4.57 Å². The lowest BCUT2D eigenvalue weighted by Crippen LogP contribution is -2.35. The molecule has 8 heteroatoms. The molecule has 6 nitrogen and oxygen atoms in total. The van der Waals surface area contributed by atoms with Crippen molar-refractivity contribution in [3.8, 4) is 5.69 Å². The molecule has 2 aliphatic heterocycles. The highest BCUT2D eigenvalue weighted by atomic mass is 32.2. The Bertz CT molecular complexity index is 1670. The number of aryl methyl sites for hydroxylation is 1.